The first-order chi connectivity index (χ1) is 12.7. The second kappa shape index (κ2) is 9.17. The maximum atomic E-state index is 11.4. The van der Waals surface area contributed by atoms with Gasteiger partial charge >= 0.3 is 5.97 Å². The minimum absolute atomic E-state index is 0.320. The lowest BCUT2D eigenvalue weighted by molar-refractivity contribution is -0.144. The SMILES string of the molecule is CC(=O)OC(C#CCN1CCCCC1c1cccnc1)c1ccccc1. The maximum Gasteiger partial charge on any atom is 0.304 e. The van der Waals surface area contributed by atoms with Crippen LogP contribution in [0.15, 0.2) is 54.9 Å². The first-order valence-corrected chi connectivity index (χ1v) is 9.08. The molecule has 0 N–H and O–H groups in total. The topological polar surface area (TPSA) is 42.4 Å². The predicted molar refractivity (Wildman–Crippen MR) is 101 cm³/mol. The van der Waals surface area contributed by atoms with E-state index in [0.717, 1.165) is 18.5 Å². The first kappa shape index (κ1) is 18.2. The molecule has 0 saturated carbocycles. The Hall–Kier alpha value is -2.64. The van der Waals surface area contributed by atoms with Crippen LogP contribution in [0.4, 0.5) is 0 Å². The standard InChI is InChI=1S/C22H24N2O2/c1-18(25)26-22(19-9-3-2-4-10-19)13-8-16-24-15-6-5-12-21(24)20-11-7-14-23-17-20/h2-4,7,9-11,14,17,21-22H,5-6,12,15-16H2,1H3. The summed E-state index contributed by atoms with van der Waals surface area (Å²) in [5, 5.41) is 0. The molecule has 0 aliphatic carbocycles. The van der Waals surface area contributed by atoms with Crippen LogP contribution in [0, 0.1) is 11.8 Å². The Kier molecular flexibility index (Phi) is 6.40. The van der Waals surface area contributed by atoms with Gasteiger partial charge in [0.2, 0.25) is 0 Å². The highest BCUT2D eigenvalue weighted by Gasteiger charge is 2.23. The number of piperidine rings is 1. The lowest BCUT2D eigenvalue weighted by Gasteiger charge is -2.34. The molecular formula is C22H24N2O2. The highest BCUT2D eigenvalue weighted by atomic mass is 16.5. The van der Waals surface area contributed by atoms with Crippen molar-refractivity contribution >= 4 is 5.97 Å². The third kappa shape index (κ3) is 4.93. The van der Waals surface area contributed by atoms with Crippen molar-refractivity contribution in [3.63, 3.8) is 0 Å². The van der Waals surface area contributed by atoms with Crippen LogP contribution in [0.5, 0.6) is 0 Å². The van der Waals surface area contributed by atoms with E-state index in [2.05, 4.69) is 27.8 Å². The average molecular weight is 348 g/mol. The lowest BCUT2D eigenvalue weighted by Crippen LogP contribution is -2.33. The van der Waals surface area contributed by atoms with E-state index in [9.17, 15) is 4.79 Å². The summed E-state index contributed by atoms with van der Waals surface area (Å²) in [6.07, 6.45) is 6.77. The van der Waals surface area contributed by atoms with Crippen molar-refractivity contribution in [2.45, 2.75) is 38.3 Å². The number of hydrogen-bond acceptors (Lipinski definition) is 4. The summed E-state index contributed by atoms with van der Waals surface area (Å²) in [5.41, 5.74) is 2.14. The molecule has 26 heavy (non-hydrogen) atoms. The average Bonchev–Trinajstić information content (AvgIpc) is 2.69. The molecule has 0 spiro atoms. The minimum atomic E-state index is -0.518. The molecule has 1 saturated heterocycles. The summed E-state index contributed by atoms with van der Waals surface area (Å²) in [6.45, 7) is 3.10. The Balaban J connectivity index is 1.72. The molecule has 134 valence electrons. The number of pyridine rings is 1. The predicted octanol–water partition coefficient (Wildman–Crippen LogP) is 3.92. The first-order valence-electron chi connectivity index (χ1n) is 9.08. The van der Waals surface area contributed by atoms with Gasteiger partial charge in [0.1, 0.15) is 0 Å². The van der Waals surface area contributed by atoms with Gasteiger partial charge in [-0.15, -0.1) is 0 Å². The monoisotopic (exact) mass is 348 g/mol. The van der Waals surface area contributed by atoms with Crippen LogP contribution >= 0.6 is 0 Å². The highest BCUT2D eigenvalue weighted by Crippen LogP contribution is 2.29. The number of hydrogen-bond donors (Lipinski definition) is 0. The molecule has 0 radical (unpaired) electrons. The van der Waals surface area contributed by atoms with Crippen LogP contribution in [0.25, 0.3) is 0 Å². The zero-order valence-electron chi connectivity index (χ0n) is 15.1. The van der Waals surface area contributed by atoms with Gasteiger partial charge in [0.25, 0.3) is 0 Å². The molecule has 2 unspecified atom stereocenters. The van der Waals surface area contributed by atoms with Gasteiger partial charge in [0.15, 0.2) is 6.10 Å². The van der Waals surface area contributed by atoms with Crippen LogP contribution in [0.3, 0.4) is 0 Å². The smallest absolute Gasteiger partial charge is 0.304 e. The van der Waals surface area contributed by atoms with Crippen LogP contribution in [0.2, 0.25) is 0 Å². The van der Waals surface area contributed by atoms with Gasteiger partial charge in [-0.1, -0.05) is 54.7 Å². The molecule has 2 aromatic rings. The third-order valence-corrected chi connectivity index (χ3v) is 4.58. The van der Waals surface area contributed by atoms with Crippen molar-refractivity contribution < 1.29 is 9.53 Å². The second-order valence-corrected chi connectivity index (χ2v) is 6.49. The Morgan fingerprint density at radius 3 is 2.85 bits per heavy atom. The van der Waals surface area contributed by atoms with E-state index in [1.54, 1.807) is 6.20 Å². The fraction of sp³-hybridized carbons (Fsp3) is 0.364. The third-order valence-electron chi connectivity index (χ3n) is 4.58. The molecule has 1 aromatic heterocycles. The van der Waals surface area contributed by atoms with Crippen molar-refractivity contribution in [3.8, 4) is 11.8 Å². The van der Waals surface area contributed by atoms with Crippen LogP contribution in [-0.2, 0) is 9.53 Å². The van der Waals surface area contributed by atoms with Gasteiger partial charge in [0.05, 0.1) is 6.54 Å². The number of carbonyl (C=O) groups excluding carboxylic acids is 1. The molecular weight excluding hydrogens is 324 g/mol. The fourth-order valence-corrected chi connectivity index (χ4v) is 3.35. The maximum absolute atomic E-state index is 11.4. The van der Waals surface area contributed by atoms with Crippen LogP contribution in [-0.4, -0.2) is 28.9 Å². The van der Waals surface area contributed by atoms with Gasteiger partial charge in [-0.3, -0.25) is 14.7 Å². The lowest BCUT2D eigenvalue weighted by atomic mass is 9.96. The zero-order valence-corrected chi connectivity index (χ0v) is 15.1. The second-order valence-electron chi connectivity index (χ2n) is 6.49. The van der Waals surface area contributed by atoms with Gasteiger partial charge in [0, 0.05) is 30.9 Å². The van der Waals surface area contributed by atoms with E-state index >= 15 is 0 Å². The van der Waals surface area contributed by atoms with Crippen molar-refractivity contribution in [3.05, 3.63) is 66.0 Å². The molecule has 0 amide bonds. The molecule has 1 aliphatic heterocycles. The van der Waals surface area contributed by atoms with Gasteiger partial charge < -0.3 is 4.74 Å². The molecule has 4 nitrogen and oxygen atoms in total. The van der Waals surface area contributed by atoms with E-state index in [4.69, 9.17) is 4.74 Å². The normalized spacial score (nSPS) is 18.4. The summed E-state index contributed by atoms with van der Waals surface area (Å²) in [5.74, 6) is 6.05. The van der Waals surface area contributed by atoms with E-state index in [1.807, 2.05) is 42.6 Å². The summed E-state index contributed by atoms with van der Waals surface area (Å²) >= 11 is 0. The summed E-state index contributed by atoms with van der Waals surface area (Å²) in [7, 11) is 0. The number of rotatable bonds is 4. The summed E-state index contributed by atoms with van der Waals surface area (Å²) in [6, 6.07) is 14.1. The molecule has 1 fully saturated rings. The van der Waals surface area contributed by atoms with E-state index < -0.39 is 6.10 Å². The molecule has 1 aliphatic rings. The molecule has 3 rings (SSSR count). The summed E-state index contributed by atoms with van der Waals surface area (Å²) in [4.78, 5) is 18.1. The Morgan fingerprint density at radius 2 is 2.12 bits per heavy atom. The number of nitrogens with zero attached hydrogens (tertiary/aromatic N) is 2. The number of esters is 1. The fourth-order valence-electron chi connectivity index (χ4n) is 3.35. The Labute approximate surface area is 155 Å². The Morgan fingerprint density at radius 1 is 1.27 bits per heavy atom. The van der Waals surface area contributed by atoms with Gasteiger partial charge in [-0.25, -0.2) is 0 Å². The van der Waals surface area contributed by atoms with Crippen LogP contribution in [0.1, 0.15) is 49.5 Å². The molecule has 1 aromatic carbocycles. The van der Waals surface area contributed by atoms with E-state index in [1.165, 1.54) is 25.3 Å². The molecule has 2 atom stereocenters. The van der Waals surface area contributed by atoms with Crippen molar-refractivity contribution in [1.29, 1.82) is 0 Å². The van der Waals surface area contributed by atoms with Crippen molar-refractivity contribution in [2.75, 3.05) is 13.1 Å². The minimum Gasteiger partial charge on any atom is -0.444 e. The number of ether oxygens (including phenoxy) is 1. The zero-order chi connectivity index (χ0) is 18.2. The van der Waals surface area contributed by atoms with Crippen molar-refractivity contribution in [2.24, 2.45) is 0 Å². The largest absolute Gasteiger partial charge is 0.444 e. The van der Waals surface area contributed by atoms with Crippen LogP contribution < -0.4 is 0 Å². The quantitative estimate of drug-likeness (QED) is 0.620. The summed E-state index contributed by atoms with van der Waals surface area (Å²) < 4.78 is 5.40. The van der Waals surface area contributed by atoms with Gasteiger partial charge in [-0.05, 0) is 31.0 Å². The van der Waals surface area contributed by atoms with E-state index in [-0.39, 0.29) is 5.97 Å². The molecule has 0 bridgehead atoms. The van der Waals surface area contributed by atoms with Gasteiger partial charge in [-0.2, -0.15) is 0 Å². The van der Waals surface area contributed by atoms with Crippen molar-refractivity contribution in [1.82, 2.24) is 9.88 Å². The number of aromatic nitrogens is 1. The Bertz CT molecular complexity index is 765. The molecule has 2 heterocycles. The number of benzene rings is 1. The highest BCUT2D eigenvalue weighted by molar-refractivity contribution is 5.66. The number of likely N-dealkylation sites (tertiary alicyclic amines) is 1. The van der Waals surface area contributed by atoms with E-state index in [0.29, 0.717) is 12.6 Å². The number of carbonyl (C=O) groups is 1. The molecule has 4 heteroatoms.